The van der Waals surface area contributed by atoms with E-state index >= 15 is 0 Å². The van der Waals surface area contributed by atoms with Crippen molar-refractivity contribution in [1.82, 2.24) is 20.1 Å². The van der Waals surface area contributed by atoms with E-state index in [1.807, 2.05) is 66.1 Å². The van der Waals surface area contributed by atoms with Gasteiger partial charge >= 0.3 is 0 Å². The molecule has 0 spiro atoms. The molecule has 0 bridgehead atoms. The highest BCUT2D eigenvalue weighted by atomic mass is 35.5. The Morgan fingerprint density at radius 3 is 2.59 bits per heavy atom. The van der Waals surface area contributed by atoms with Crippen molar-refractivity contribution >= 4 is 29.3 Å². The van der Waals surface area contributed by atoms with Crippen molar-refractivity contribution in [2.75, 3.05) is 6.54 Å². The van der Waals surface area contributed by atoms with Crippen LogP contribution in [0.3, 0.4) is 0 Å². The number of benzene rings is 2. The quantitative estimate of drug-likeness (QED) is 0.474. The molecule has 0 saturated heterocycles. The normalized spacial score (nSPS) is 11.8. The van der Waals surface area contributed by atoms with Crippen LogP contribution in [0.15, 0.2) is 72.4 Å². The van der Waals surface area contributed by atoms with Crippen LogP contribution in [-0.2, 0) is 4.79 Å². The molecule has 1 amide bonds. The predicted molar refractivity (Wildman–Crippen MR) is 110 cm³/mol. The lowest BCUT2D eigenvalue weighted by atomic mass is 10.2. The number of halogens is 1. The Bertz CT molecular complexity index is 925. The highest BCUT2D eigenvalue weighted by Crippen LogP contribution is 2.30. The molecule has 1 N–H and O–H groups in total. The third kappa shape index (κ3) is 4.59. The largest absolute Gasteiger partial charge is 0.352 e. The third-order valence-electron chi connectivity index (χ3n) is 3.82. The molecule has 1 heterocycles. The van der Waals surface area contributed by atoms with Crippen LogP contribution in [-0.4, -0.2) is 32.5 Å². The van der Waals surface area contributed by atoms with Gasteiger partial charge in [-0.1, -0.05) is 47.6 Å². The van der Waals surface area contributed by atoms with E-state index in [4.69, 9.17) is 11.6 Å². The van der Waals surface area contributed by atoms with Gasteiger partial charge in [0.2, 0.25) is 5.91 Å². The Labute approximate surface area is 167 Å². The molecule has 0 fully saturated rings. The molecule has 0 aliphatic heterocycles. The molecule has 5 nitrogen and oxygen atoms in total. The summed E-state index contributed by atoms with van der Waals surface area (Å²) in [5, 5.41) is 12.5. The summed E-state index contributed by atoms with van der Waals surface area (Å²) in [4.78, 5) is 12.2. The van der Waals surface area contributed by atoms with Crippen molar-refractivity contribution in [2.45, 2.75) is 17.3 Å². The van der Waals surface area contributed by atoms with Crippen molar-refractivity contribution in [3.05, 3.63) is 72.3 Å². The van der Waals surface area contributed by atoms with Crippen molar-refractivity contribution < 1.29 is 4.79 Å². The fourth-order valence-electron chi connectivity index (χ4n) is 2.47. The highest BCUT2D eigenvalue weighted by Gasteiger charge is 2.21. The number of aromatic nitrogens is 3. The predicted octanol–water partition coefficient (Wildman–Crippen LogP) is 4.37. The van der Waals surface area contributed by atoms with Gasteiger partial charge in [0.05, 0.1) is 5.25 Å². The van der Waals surface area contributed by atoms with Gasteiger partial charge in [0.25, 0.3) is 0 Å². The van der Waals surface area contributed by atoms with Crippen molar-refractivity contribution in [1.29, 1.82) is 0 Å². The molecule has 0 aliphatic rings. The average molecular weight is 399 g/mol. The van der Waals surface area contributed by atoms with Gasteiger partial charge in [0.1, 0.15) is 0 Å². The number of rotatable bonds is 7. The maximum absolute atomic E-state index is 12.2. The lowest BCUT2D eigenvalue weighted by Gasteiger charge is -2.13. The second kappa shape index (κ2) is 8.88. The Morgan fingerprint density at radius 2 is 1.93 bits per heavy atom. The SMILES string of the molecule is C=CCNC(=O)C(C)Sc1nnc(-c2ccc(Cl)cc2)n1-c1ccccc1. The molecule has 7 heteroatoms. The number of nitrogens with zero attached hydrogens (tertiary/aromatic N) is 3. The Hall–Kier alpha value is -2.57. The van der Waals surface area contributed by atoms with Gasteiger partial charge in [0.15, 0.2) is 11.0 Å². The van der Waals surface area contributed by atoms with Crippen molar-refractivity contribution in [3.8, 4) is 17.1 Å². The molecule has 1 atom stereocenters. The number of hydrogen-bond donors (Lipinski definition) is 1. The number of hydrogen-bond acceptors (Lipinski definition) is 4. The molecule has 0 aliphatic carbocycles. The number of carbonyl (C=O) groups is 1. The van der Waals surface area contributed by atoms with Crippen LogP contribution in [0, 0.1) is 0 Å². The third-order valence-corrected chi connectivity index (χ3v) is 5.12. The minimum absolute atomic E-state index is 0.0736. The summed E-state index contributed by atoms with van der Waals surface area (Å²) >= 11 is 7.37. The van der Waals surface area contributed by atoms with Gasteiger partial charge in [-0.15, -0.1) is 16.8 Å². The zero-order chi connectivity index (χ0) is 19.2. The second-order valence-corrected chi connectivity index (χ2v) is 7.52. The van der Waals surface area contributed by atoms with Crippen LogP contribution in [0.5, 0.6) is 0 Å². The fraction of sp³-hybridized carbons (Fsp3) is 0.150. The second-order valence-electron chi connectivity index (χ2n) is 5.78. The standard InChI is InChI=1S/C20H19ClN4OS/c1-3-13-22-19(26)14(2)27-20-24-23-18(15-9-11-16(21)12-10-15)25(20)17-7-5-4-6-8-17/h3-12,14H,1,13H2,2H3,(H,22,26). The molecular formula is C20H19ClN4OS. The summed E-state index contributed by atoms with van der Waals surface area (Å²) in [6.07, 6.45) is 1.65. The van der Waals surface area contributed by atoms with Crippen molar-refractivity contribution in [2.24, 2.45) is 0 Å². The maximum Gasteiger partial charge on any atom is 0.233 e. The number of para-hydroxylation sites is 1. The summed E-state index contributed by atoms with van der Waals surface area (Å²) in [7, 11) is 0. The minimum atomic E-state index is -0.324. The molecular weight excluding hydrogens is 380 g/mol. The molecule has 1 unspecified atom stereocenters. The Kier molecular flexibility index (Phi) is 6.32. The highest BCUT2D eigenvalue weighted by molar-refractivity contribution is 8.00. The molecule has 2 aromatic carbocycles. The van der Waals surface area contributed by atoms with Crippen LogP contribution in [0.25, 0.3) is 17.1 Å². The lowest BCUT2D eigenvalue weighted by molar-refractivity contribution is -0.120. The van der Waals surface area contributed by atoms with E-state index in [1.165, 1.54) is 11.8 Å². The Balaban J connectivity index is 1.98. The molecule has 0 saturated carbocycles. The summed E-state index contributed by atoms with van der Waals surface area (Å²) in [6.45, 7) is 5.89. The van der Waals surface area contributed by atoms with E-state index in [0.717, 1.165) is 11.3 Å². The molecule has 3 aromatic rings. The number of thioether (sulfide) groups is 1. The van der Waals surface area contributed by atoms with E-state index < -0.39 is 0 Å². The van der Waals surface area contributed by atoms with Crippen LogP contribution in [0.2, 0.25) is 5.02 Å². The summed E-state index contributed by atoms with van der Waals surface area (Å²) in [5.74, 6) is 0.620. The van der Waals surface area contributed by atoms with E-state index in [0.29, 0.717) is 22.5 Å². The molecule has 1 aromatic heterocycles. The smallest absolute Gasteiger partial charge is 0.233 e. The first kappa shape index (κ1) is 19.2. The average Bonchev–Trinajstić information content (AvgIpc) is 3.10. The van der Waals surface area contributed by atoms with Crippen LogP contribution >= 0.6 is 23.4 Å². The number of carbonyl (C=O) groups excluding carboxylic acids is 1. The minimum Gasteiger partial charge on any atom is -0.352 e. The van der Waals surface area contributed by atoms with Crippen molar-refractivity contribution in [3.63, 3.8) is 0 Å². The lowest BCUT2D eigenvalue weighted by Crippen LogP contribution is -2.31. The first-order chi connectivity index (χ1) is 13.1. The van der Waals surface area contributed by atoms with Gasteiger partial charge in [-0.2, -0.15) is 0 Å². The molecule has 0 radical (unpaired) electrons. The van der Waals surface area contributed by atoms with Gasteiger partial charge < -0.3 is 5.32 Å². The monoisotopic (exact) mass is 398 g/mol. The van der Waals surface area contributed by atoms with Crippen LogP contribution in [0.4, 0.5) is 0 Å². The Morgan fingerprint density at radius 1 is 1.22 bits per heavy atom. The van der Waals surface area contributed by atoms with Gasteiger partial charge in [-0.25, -0.2) is 0 Å². The van der Waals surface area contributed by atoms with Gasteiger partial charge in [0, 0.05) is 22.8 Å². The summed E-state index contributed by atoms with van der Waals surface area (Å²) < 4.78 is 1.95. The zero-order valence-electron chi connectivity index (χ0n) is 14.8. The van der Waals surface area contributed by atoms with Crippen LogP contribution < -0.4 is 5.32 Å². The summed E-state index contributed by atoms with van der Waals surface area (Å²) in [5.41, 5.74) is 1.82. The summed E-state index contributed by atoms with van der Waals surface area (Å²) in [6, 6.07) is 17.3. The van der Waals surface area contributed by atoms with E-state index in [-0.39, 0.29) is 11.2 Å². The van der Waals surface area contributed by atoms with Gasteiger partial charge in [-0.05, 0) is 43.3 Å². The number of amides is 1. The van der Waals surface area contributed by atoms with Crippen LogP contribution in [0.1, 0.15) is 6.92 Å². The van der Waals surface area contributed by atoms with E-state index in [1.54, 1.807) is 6.08 Å². The molecule has 138 valence electrons. The molecule has 27 heavy (non-hydrogen) atoms. The van der Waals surface area contributed by atoms with E-state index in [9.17, 15) is 4.79 Å². The zero-order valence-corrected chi connectivity index (χ0v) is 16.4. The maximum atomic E-state index is 12.2. The molecule has 3 rings (SSSR count). The first-order valence-electron chi connectivity index (χ1n) is 8.42. The fourth-order valence-corrected chi connectivity index (χ4v) is 3.49. The first-order valence-corrected chi connectivity index (χ1v) is 9.68. The number of nitrogens with one attached hydrogen (secondary N) is 1. The topological polar surface area (TPSA) is 59.8 Å². The van der Waals surface area contributed by atoms with E-state index in [2.05, 4.69) is 22.1 Å². The van der Waals surface area contributed by atoms with Gasteiger partial charge in [-0.3, -0.25) is 9.36 Å².